The Morgan fingerprint density at radius 2 is 2.44 bits per heavy atom. The summed E-state index contributed by atoms with van der Waals surface area (Å²) in [6, 6.07) is 4.48. The number of nitrogens with zero attached hydrogens (tertiary/aromatic N) is 2. The highest BCUT2D eigenvalue weighted by Crippen LogP contribution is 2.17. The largest absolute Gasteiger partial charge is 0.308 e. The van der Waals surface area contributed by atoms with Gasteiger partial charge in [-0.3, -0.25) is 9.36 Å². The average Bonchev–Trinajstić information content (AvgIpc) is 2.88. The summed E-state index contributed by atoms with van der Waals surface area (Å²) in [6.07, 6.45) is 3.17. The lowest BCUT2D eigenvalue weighted by molar-refractivity contribution is 0.525. The molecule has 2 rings (SSSR count). The fourth-order valence-corrected chi connectivity index (χ4v) is 2.85. The van der Waals surface area contributed by atoms with Crippen LogP contribution in [0.4, 0.5) is 0 Å². The molecule has 96 valence electrons. The highest BCUT2D eigenvalue weighted by Gasteiger charge is 2.05. The Labute approximate surface area is 123 Å². The highest BCUT2D eigenvalue weighted by atomic mass is 127. The second-order valence-corrected chi connectivity index (χ2v) is 6.07. The molecule has 2 aromatic rings. The molecule has 0 saturated heterocycles. The molecule has 0 aromatic carbocycles. The van der Waals surface area contributed by atoms with Crippen molar-refractivity contribution in [3.05, 3.63) is 48.8 Å². The van der Waals surface area contributed by atoms with E-state index in [-0.39, 0.29) is 5.56 Å². The maximum atomic E-state index is 11.8. The molecule has 18 heavy (non-hydrogen) atoms. The van der Waals surface area contributed by atoms with Gasteiger partial charge in [0.05, 0.1) is 9.90 Å². The summed E-state index contributed by atoms with van der Waals surface area (Å²) < 4.78 is 2.29. The second kappa shape index (κ2) is 6.44. The standard InChI is InChI=1S/C12H14IN3OS/c1-9(11-3-2-6-18-11)15-4-5-16-8-14-7-10(13)12(16)17/h2-3,6-9,15H,4-5H2,1H3. The molecule has 0 fully saturated rings. The van der Waals surface area contributed by atoms with Crippen molar-refractivity contribution >= 4 is 33.9 Å². The Balaban J connectivity index is 1.89. The SMILES string of the molecule is CC(NCCn1cncc(I)c1=O)c1cccs1. The normalized spacial score (nSPS) is 12.6. The molecule has 4 nitrogen and oxygen atoms in total. The second-order valence-electron chi connectivity index (χ2n) is 3.93. The lowest BCUT2D eigenvalue weighted by Gasteiger charge is -2.12. The molecule has 1 N–H and O–H groups in total. The third-order valence-electron chi connectivity index (χ3n) is 2.63. The summed E-state index contributed by atoms with van der Waals surface area (Å²) in [5, 5.41) is 5.47. The van der Waals surface area contributed by atoms with Crippen LogP contribution in [-0.4, -0.2) is 16.1 Å². The summed E-state index contributed by atoms with van der Waals surface area (Å²) in [4.78, 5) is 17.1. The zero-order valence-corrected chi connectivity index (χ0v) is 12.9. The Kier molecular flexibility index (Phi) is 4.90. The highest BCUT2D eigenvalue weighted by molar-refractivity contribution is 14.1. The van der Waals surface area contributed by atoms with E-state index in [0.717, 1.165) is 6.54 Å². The third-order valence-corrected chi connectivity index (χ3v) is 4.43. The van der Waals surface area contributed by atoms with E-state index in [4.69, 9.17) is 0 Å². The first kappa shape index (κ1) is 13.7. The lowest BCUT2D eigenvalue weighted by atomic mass is 10.3. The number of halogens is 1. The molecule has 1 unspecified atom stereocenters. The van der Waals surface area contributed by atoms with Gasteiger partial charge in [0.1, 0.15) is 0 Å². The van der Waals surface area contributed by atoms with Crippen molar-refractivity contribution in [1.82, 2.24) is 14.9 Å². The Bertz CT molecular complexity index is 553. The zero-order chi connectivity index (χ0) is 13.0. The molecule has 0 spiro atoms. The lowest BCUT2D eigenvalue weighted by Crippen LogP contribution is -2.29. The molecular weight excluding hydrogens is 361 g/mol. The van der Waals surface area contributed by atoms with Gasteiger partial charge < -0.3 is 5.32 Å². The fourth-order valence-electron chi connectivity index (χ4n) is 1.62. The van der Waals surface area contributed by atoms with Crippen LogP contribution in [0.3, 0.4) is 0 Å². The van der Waals surface area contributed by atoms with E-state index in [9.17, 15) is 4.79 Å². The topological polar surface area (TPSA) is 46.9 Å². The van der Waals surface area contributed by atoms with Gasteiger partial charge in [0.2, 0.25) is 0 Å². The van der Waals surface area contributed by atoms with Gasteiger partial charge in [0.15, 0.2) is 0 Å². The molecule has 1 atom stereocenters. The maximum Gasteiger partial charge on any atom is 0.266 e. The molecular formula is C12H14IN3OS. The number of rotatable bonds is 5. The van der Waals surface area contributed by atoms with E-state index in [2.05, 4.69) is 28.7 Å². The van der Waals surface area contributed by atoms with Gasteiger partial charge in [-0.1, -0.05) is 6.07 Å². The molecule has 2 heterocycles. The van der Waals surface area contributed by atoms with Crippen LogP contribution in [0, 0.1) is 3.57 Å². The predicted octanol–water partition coefficient (Wildman–Crippen LogP) is 2.26. The number of nitrogens with one attached hydrogen (secondary N) is 1. The number of thiophene rings is 1. The molecule has 0 aliphatic rings. The van der Waals surface area contributed by atoms with Crippen molar-refractivity contribution in [2.45, 2.75) is 19.5 Å². The van der Waals surface area contributed by atoms with E-state index < -0.39 is 0 Å². The predicted molar refractivity (Wildman–Crippen MR) is 82.0 cm³/mol. The van der Waals surface area contributed by atoms with E-state index >= 15 is 0 Å². The van der Waals surface area contributed by atoms with Gasteiger partial charge in [0.25, 0.3) is 5.56 Å². The van der Waals surface area contributed by atoms with E-state index in [1.54, 1.807) is 28.4 Å². The molecule has 0 saturated carbocycles. The molecule has 6 heteroatoms. The smallest absolute Gasteiger partial charge is 0.266 e. The molecule has 0 bridgehead atoms. The number of hydrogen-bond donors (Lipinski definition) is 1. The maximum absolute atomic E-state index is 11.8. The Hall–Kier alpha value is -0.730. The first-order valence-corrected chi connectivity index (χ1v) is 7.61. The number of aromatic nitrogens is 2. The van der Waals surface area contributed by atoms with E-state index in [1.165, 1.54) is 4.88 Å². The minimum absolute atomic E-state index is 0.0242. The van der Waals surface area contributed by atoms with Crippen molar-refractivity contribution in [2.24, 2.45) is 0 Å². The Morgan fingerprint density at radius 1 is 1.61 bits per heavy atom. The van der Waals surface area contributed by atoms with Crippen LogP contribution in [0.25, 0.3) is 0 Å². The summed E-state index contributed by atoms with van der Waals surface area (Å²) in [5.41, 5.74) is 0.0242. The van der Waals surface area contributed by atoms with E-state index in [1.807, 2.05) is 28.7 Å². The van der Waals surface area contributed by atoms with E-state index in [0.29, 0.717) is 16.2 Å². The summed E-state index contributed by atoms with van der Waals surface area (Å²) in [5.74, 6) is 0. The minimum Gasteiger partial charge on any atom is -0.308 e. The Morgan fingerprint density at radius 3 is 3.17 bits per heavy atom. The van der Waals surface area contributed by atoms with Crippen LogP contribution in [0.15, 0.2) is 34.8 Å². The van der Waals surface area contributed by atoms with Crippen LogP contribution < -0.4 is 10.9 Å². The first-order chi connectivity index (χ1) is 8.68. The molecule has 0 amide bonds. The van der Waals surface area contributed by atoms with Gasteiger partial charge in [-0.15, -0.1) is 11.3 Å². The summed E-state index contributed by atoms with van der Waals surface area (Å²) in [6.45, 7) is 3.51. The number of hydrogen-bond acceptors (Lipinski definition) is 4. The van der Waals surface area contributed by atoms with Crippen molar-refractivity contribution < 1.29 is 0 Å². The average molecular weight is 375 g/mol. The van der Waals surface area contributed by atoms with Crippen LogP contribution >= 0.6 is 33.9 Å². The molecule has 2 aromatic heterocycles. The molecule has 0 aliphatic carbocycles. The molecule has 0 aliphatic heterocycles. The third kappa shape index (κ3) is 3.39. The van der Waals surface area contributed by atoms with Crippen LogP contribution in [0.1, 0.15) is 17.8 Å². The molecule has 0 radical (unpaired) electrons. The summed E-state index contributed by atoms with van der Waals surface area (Å²) >= 11 is 3.75. The first-order valence-electron chi connectivity index (χ1n) is 5.65. The van der Waals surface area contributed by atoms with Crippen LogP contribution in [0.2, 0.25) is 0 Å². The van der Waals surface area contributed by atoms with Crippen LogP contribution in [-0.2, 0) is 6.54 Å². The van der Waals surface area contributed by atoms with Crippen molar-refractivity contribution in [2.75, 3.05) is 6.54 Å². The van der Waals surface area contributed by atoms with Crippen molar-refractivity contribution in [1.29, 1.82) is 0 Å². The fraction of sp³-hybridized carbons (Fsp3) is 0.333. The van der Waals surface area contributed by atoms with Gasteiger partial charge >= 0.3 is 0 Å². The van der Waals surface area contributed by atoms with Crippen molar-refractivity contribution in [3.8, 4) is 0 Å². The summed E-state index contributed by atoms with van der Waals surface area (Å²) in [7, 11) is 0. The monoisotopic (exact) mass is 375 g/mol. The van der Waals surface area contributed by atoms with Gasteiger partial charge in [-0.05, 0) is 41.0 Å². The van der Waals surface area contributed by atoms with Crippen molar-refractivity contribution in [3.63, 3.8) is 0 Å². The van der Waals surface area contributed by atoms with Gasteiger partial charge in [-0.2, -0.15) is 0 Å². The van der Waals surface area contributed by atoms with Gasteiger partial charge in [-0.25, -0.2) is 4.98 Å². The zero-order valence-electron chi connectivity index (χ0n) is 9.97. The minimum atomic E-state index is 0.0242. The van der Waals surface area contributed by atoms with Gasteiger partial charge in [0, 0.05) is 30.2 Å². The quantitative estimate of drug-likeness (QED) is 0.816. The van der Waals surface area contributed by atoms with Crippen LogP contribution in [0.5, 0.6) is 0 Å².